The van der Waals surface area contributed by atoms with E-state index in [1.54, 1.807) is 0 Å². The first-order chi connectivity index (χ1) is 11.4. The number of halogens is 1. The molecule has 1 N–H and O–H groups in total. The number of likely N-dealkylation sites (N-methyl/N-ethyl adjacent to an activating group) is 1. The SMILES string of the molecule is CCNC(=NCC1CN(C)CCO1)N1CCC(OC(C)(C)C)CC1.I. The molecule has 0 saturated carbocycles. The Hall–Kier alpha value is -0.120. The molecule has 0 radical (unpaired) electrons. The highest BCUT2D eigenvalue weighted by atomic mass is 127. The van der Waals surface area contributed by atoms with E-state index in [-0.39, 0.29) is 35.7 Å². The summed E-state index contributed by atoms with van der Waals surface area (Å²) in [5.74, 6) is 1.02. The molecule has 0 aromatic carbocycles. The van der Waals surface area contributed by atoms with Crippen molar-refractivity contribution in [2.24, 2.45) is 4.99 Å². The summed E-state index contributed by atoms with van der Waals surface area (Å²) < 4.78 is 11.9. The molecule has 1 unspecified atom stereocenters. The van der Waals surface area contributed by atoms with Crippen molar-refractivity contribution in [3.8, 4) is 0 Å². The molecule has 0 aliphatic carbocycles. The fourth-order valence-corrected chi connectivity index (χ4v) is 3.28. The largest absolute Gasteiger partial charge is 0.374 e. The van der Waals surface area contributed by atoms with Crippen LogP contribution in [0.25, 0.3) is 0 Å². The lowest BCUT2D eigenvalue weighted by Gasteiger charge is -2.37. The predicted octanol–water partition coefficient (Wildman–Crippen LogP) is 2.18. The molecule has 2 fully saturated rings. The fraction of sp³-hybridized carbons (Fsp3) is 0.944. The number of guanidine groups is 1. The number of morpholine rings is 1. The van der Waals surface area contributed by atoms with Gasteiger partial charge in [-0.05, 0) is 47.6 Å². The number of nitrogens with one attached hydrogen (secondary N) is 1. The van der Waals surface area contributed by atoms with Gasteiger partial charge >= 0.3 is 0 Å². The summed E-state index contributed by atoms with van der Waals surface area (Å²) in [6, 6.07) is 0. The highest BCUT2D eigenvalue weighted by Crippen LogP contribution is 2.20. The predicted molar refractivity (Wildman–Crippen MR) is 114 cm³/mol. The minimum atomic E-state index is -0.0597. The maximum absolute atomic E-state index is 6.12. The van der Waals surface area contributed by atoms with E-state index in [2.05, 4.69) is 49.9 Å². The first-order valence-corrected chi connectivity index (χ1v) is 9.38. The van der Waals surface area contributed by atoms with E-state index in [4.69, 9.17) is 14.5 Å². The van der Waals surface area contributed by atoms with Gasteiger partial charge in [-0.25, -0.2) is 0 Å². The standard InChI is InChI=1S/C18H36N4O2.HI/c1-6-19-17(20-13-16-14-21(5)11-12-23-16)22-9-7-15(8-10-22)24-18(2,3)4;/h15-16H,6-14H2,1-5H3,(H,19,20);1H. The van der Waals surface area contributed by atoms with Crippen LogP contribution in [0.15, 0.2) is 4.99 Å². The number of hydrogen-bond donors (Lipinski definition) is 1. The van der Waals surface area contributed by atoms with Crippen molar-refractivity contribution >= 4 is 29.9 Å². The van der Waals surface area contributed by atoms with Crippen LogP contribution in [0.2, 0.25) is 0 Å². The normalized spacial score (nSPS) is 24.1. The van der Waals surface area contributed by atoms with Crippen LogP contribution in [0.1, 0.15) is 40.5 Å². The van der Waals surface area contributed by atoms with Crippen LogP contribution < -0.4 is 5.32 Å². The monoisotopic (exact) mass is 468 g/mol. The number of rotatable bonds is 4. The van der Waals surface area contributed by atoms with Crippen molar-refractivity contribution < 1.29 is 9.47 Å². The third-order valence-corrected chi connectivity index (χ3v) is 4.38. The molecule has 7 heteroatoms. The van der Waals surface area contributed by atoms with E-state index in [0.717, 1.165) is 64.7 Å². The third kappa shape index (κ3) is 8.41. The van der Waals surface area contributed by atoms with Crippen LogP contribution in [-0.4, -0.2) is 86.5 Å². The quantitative estimate of drug-likeness (QED) is 0.390. The molecule has 2 aliphatic rings. The molecular weight excluding hydrogens is 431 g/mol. The Kier molecular flexibility index (Phi) is 9.98. The van der Waals surface area contributed by atoms with Crippen molar-refractivity contribution in [3.05, 3.63) is 0 Å². The number of aliphatic imine (C=N–C) groups is 1. The molecule has 0 amide bonds. The molecular formula is C18H37IN4O2. The highest BCUT2D eigenvalue weighted by molar-refractivity contribution is 14.0. The van der Waals surface area contributed by atoms with E-state index in [9.17, 15) is 0 Å². The van der Waals surface area contributed by atoms with Crippen LogP contribution in [0.4, 0.5) is 0 Å². The molecule has 0 aromatic heterocycles. The van der Waals surface area contributed by atoms with Gasteiger partial charge < -0.3 is 24.6 Å². The van der Waals surface area contributed by atoms with Crippen LogP contribution in [0.5, 0.6) is 0 Å². The number of hydrogen-bond acceptors (Lipinski definition) is 4. The molecule has 0 spiro atoms. The minimum Gasteiger partial charge on any atom is -0.374 e. The summed E-state index contributed by atoms with van der Waals surface area (Å²) in [5, 5.41) is 3.43. The molecule has 0 bridgehead atoms. The van der Waals surface area contributed by atoms with Crippen molar-refractivity contribution in [2.45, 2.75) is 58.3 Å². The molecule has 2 heterocycles. The van der Waals surface area contributed by atoms with Crippen molar-refractivity contribution in [2.75, 3.05) is 52.9 Å². The van der Waals surface area contributed by atoms with E-state index < -0.39 is 0 Å². The van der Waals surface area contributed by atoms with Gasteiger partial charge in [-0.2, -0.15) is 0 Å². The van der Waals surface area contributed by atoms with Gasteiger partial charge in [0.25, 0.3) is 0 Å². The average Bonchev–Trinajstić information content (AvgIpc) is 2.51. The lowest BCUT2D eigenvalue weighted by Crippen LogP contribution is -2.48. The maximum atomic E-state index is 6.12. The number of nitrogens with zero attached hydrogens (tertiary/aromatic N) is 3. The van der Waals surface area contributed by atoms with Gasteiger partial charge in [0.2, 0.25) is 0 Å². The summed E-state index contributed by atoms with van der Waals surface area (Å²) in [7, 11) is 2.14. The minimum absolute atomic E-state index is 0. The van der Waals surface area contributed by atoms with E-state index >= 15 is 0 Å². The number of piperidine rings is 1. The van der Waals surface area contributed by atoms with Crippen molar-refractivity contribution in [1.29, 1.82) is 0 Å². The Morgan fingerprint density at radius 1 is 1.24 bits per heavy atom. The number of ether oxygens (including phenoxy) is 2. The van der Waals surface area contributed by atoms with Crippen LogP contribution in [-0.2, 0) is 9.47 Å². The molecule has 2 saturated heterocycles. The number of likely N-dealkylation sites (tertiary alicyclic amines) is 1. The van der Waals surface area contributed by atoms with E-state index in [0.29, 0.717) is 6.10 Å². The molecule has 6 nitrogen and oxygen atoms in total. The van der Waals surface area contributed by atoms with Crippen molar-refractivity contribution in [1.82, 2.24) is 15.1 Å². The Morgan fingerprint density at radius 2 is 1.92 bits per heavy atom. The Morgan fingerprint density at radius 3 is 2.48 bits per heavy atom. The van der Waals surface area contributed by atoms with Crippen LogP contribution >= 0.6 is 24.0 Å². The van der Waals surface area contributed by atoms with E-state index in [1.165, 1.54) is 0 Å². The van der Waals surface area contributed by atoms with Crippen LogP contribution in [0, 0.1) is 0 Å². The second kappa shape index (κ2) is 10.9. The van der Waals surface area contributed by atoms with Gasteiger partial charge in [-0.1, -0.05) is 0 Å². The van der Waals surface area contributed by atoms with Gasteiger partial charge in [-0.15, -0.1) is 24.0 Å². The summed E-state index contributed by atoms with van der Waals surface area (Å²) in [4.78, 5) is 9.50. The zero-order chi connectivity index (χ0) is 17.6. The third-order valence-electron chi connectivity index (χ3n) is 4.38. The molecule has 0 aromatic rings. The summed E-state index contributed by atoms with van der Waals surface area (Å²) in [6.45, 7) is 14.9. The lowest BCUT2D eigenvalue weighted by atomic mass is 10.1. The fourth-order valence-electron chi connectivity index (χ4n) is 3.28. The Balaban J connectivity index is 0.00000312. The molecule has 25 heavy (non-hydrogen) atoms. The molecule has 1 atom stereocenters. The summed E-state index contributed by atoms with van der Waals surface area (Å²) in [5.41, 5.74) is -0.0597. The van der Waals surface area contributed by atoms with Gasteiger partial charge in [0, 0.05) is 32.7 Å². The zero-order valence-electron chi connectivity index (χ0n) is 16.6. The van der Waals surface area contributed by atoms with Gasteiger partial charge in [0.1, 0.15) is 0 Å². The Bertz CT molecular complexity index is 406. The van der Waals surface area contributed by atoms with Gasteiger partial charge in [0.05, 0.1) is 31.0 Å². The smallest absolute Gasteiger partial charge is 0.194 e. The van der Waals surface area contributed by atoms with Crippen LogP contribution in [0.3, 0.4) is 0 Å². The summed E-state index contributed by atoms with van der Waals surface area (Å²) in [6.07, 6.45) is 2.69. The first kappa shape index (κ1) is 22.9. The molecule has 2 rings (SSSR count). The molecule has 2 aliphatic heterocycles. The zero-order valence-corrected chi connectivity index (χ0v) is 18.9. The topological polar surface area (TPSA) is 49.3 Å². The van der Waals surface area contributed by atoms with Crippen molar-refractivity contribution in [3.63, 3.8) is 0 Å². The second-order valence-electron chi connectivity index (χ2n) is 7.87. The average molecular weight is 468 g/mol. The summed E-state index contributed by atoms with van der Waals surface area (Å²) >= 11 is 0. The Labute approximate surface area is 170 Å². The van der Waals surface area contributed by atoms with E-state index in [1.807, 2.05) is 0 Å². The highest BCUT2D eigenvalue weighted by Gasteiger charge is 2.26. The molecule has 148 valence electrons. The lowest BCUT2D eigenvalue weighted by molar-refractivity contribution is -0.0773. The van der Waals surface area contributed by atoms with Gasteiger partial charge in [0.15, 0.2) is 5.96 Å². The first-order valence-electron chi connectivity index (χ1n) is 9.38. The van der Waals surface area contributed by atoms with Gasteiger partial charge in [-0.3, -0.25) is 4.99 Å². The second-order valence-corrected chi connectivity index (χ2v) is 7.87. The maximum Gasteiger partial charge on any atom is 0.194 e.